The molecule has 1 aliphatic rings. The van der Waals surface area contributed by atoms with Gasteiger partial charge in [0, 0.05) is 28.6 Å². The summed E-state index contributed by atoms with van der Waals surface area (Å²) in [7, 11) is 0. The van der Waals surface area contributed by atoms with E-state index in [9.17, 15) is 0 Å². The third-order valence-corrected chi connectivity index (χ3v) is 7.51. The Labute approximate surface area is 142 Å². The molecule has 3 unspecified atom stereocenters. The van der Waals surface area contributed by atoms with Crippen LogP contribution in [0.3, 0.4) is 0 Å². The molecule has 0 spiro atoms. The van der Waals surface area contributed by atoms with Gasteiger partial charge in [-0.05, 0) is 26.3 Å². The minimum absolute atomic E-state index is 0.294. The summed E-state index contributed by atoms with van der Waals surface area (Å²) in [5.41, 5.74) is 1.17. The Bertz CT molecular complexity index is 439. The van der Waals surface area contributed by atoms with Gasteiger partial charge in [0.15, 0.2) is 0 Å². The van der Waals surface area contributed by atoms with Crippen molar-refractivity contribution in [1.82, 2.24) is 15.1 Å². The Kier molecular flexibility index (Phi) is 7.26. The molecule has 0 radical (unpaired) electrons. The van der Waals surface area contributed by atoms with Crippen molar-refractivity contribution < 1.29 is 0 Å². The average Bonchev–Trinajstić information content (AvgIpc) is 2.89. The zero-order chi connectivity index (χ0) is 15.2. The van der Waals surface area contributed by atoms with Crippen molar-refractivity contribution in [2.75, 3.05) is 18.1 Å². The largest absolute Gasteiger partial charge is 0.308 e. The molecule has 2 heterocycles. The summed E-state index contributed by atoms with van der Waals surface area (Å²) < 4.78 is 2.06. The van der Waals surface area contributed by atoms with Crippen molar-refractivity contribution in [2.24, 2.45) is 0 Å². The topological polar surface area (TPSA) is 29.9 Å². The van der Waals surface area contributed by atoms with Crippen LogP contribution in [0, 0.1) is 0 Å². The van der Waals surface area contributed by atoms with Gasteiger partial charge in [-0.2, -0.15) is 28.6 Å². The van der Waals surface area contributed by atoms with Crippen LogP contribution in [0.4, 0.5) is 0 Å². The molecular formula is C15H26ClN3S2. The highest BCUT2D eigenvalue weighted by Gasteiger charge is 2.35. The second-order valence-electron chi connectivity index (χ2n) is 5.28. The van der Waals surface area contributed by atoms with Gasteiger partial charge < -0.3 is 5.32 Å². The van der Waals surface area contributed by atoms with Crippen LogP contribution >= 0.6 is 35.1 Å². The number of aryl methyl sites for hydroxylation is 1. The number of halogens is 1. The fraction of sp³-hybridized carbons (Fsp3) is 0.800. The molecule has 0 aliphatic carbocycles. The van der Waals surface area contributed by atoms with Crippen molar-refractivity contribution in [3.05, 3.63) is 16.9 Å². The Hall–Kier alpha value is 0.160. The zero-order valence-corrected chi connectivity index (χ0v) is 15.5. The van der Waals surface area contributed by atoms with Gasteiger partial charge in [-0.25, -0.2) is 0 Å². The van der Waals surface area contributed by atoms with E-state index in [1.807, 2.05) is 0 Å². The van der Waals surface area contributed by atoms with E-state index in [1.54, 1.807) is 6.20 Å². The average molecular weight is 348 g/mol. The summed E-state index contributed by atoms with van der Waals surface area (Å²) in [6.45, 7) is 8.53. The minimum Gasteiger partial charge on any atom is -0.308 e. The maximum Gasteiger partial charge on any atom is 0.0834 e. The normalized spacial score (nSPS) is 24.2. The fourth-order valence-corrected chi connectivity index (χ4v) is 6.33. The molecule has 120 valence electrons. The van der Waals surface area contributed by atoms with E-state index in [4.69, 9.17) is 11.6 Å². The van der Waals surface area contributed by atoms with Gasteiger partial charge >= 0.3 is 0 Å². The molecule has 0 bridgehead atoms. The standard InChI is InChI=1S/C15H26ClN3S2/c1-4-7-17-13(14-11(16)10-18-19(14)6-3)15-12(5-2)20-8-9-21-15/h10,12-13,15,17H,4-9H2,1-3H3. The summed E-state index contributed by atoms with van der Waals surface area (Å²) >= 11 is 10.7. The Morgan fingerprint density at radius 1 is 1.38 bits per heavy atom. The summed E-state index contributed by atoms with van der Waals surface area (Å²) in [5, 5.41) is 10.2. The number of nitrogens with one attached hydrogen (secondary N) is 1. The van der Waals surface area contributed by atoms with Crippen LogP contribution in [-0.2, 0) is 6.54 Å². The molecule has 3 atom stereocenters. The van der Waals surface area contributed by atoms with Crippen LogP contribution in [0.5, 0.6) is 0 Å². The minimum atomic E-state index is 0.294. The highest BCUT2D eigenvalue weighted by molar-refractivity contribution is 8.07. The first-order valence-corrected chi connectivity index (χ1v) is 10.4. The summed E-state index contributed by atoms with van der Waals surface area (Å²) in [6, 6.07) is 0.294. The van der Waals surface area contributed by atoms with E-state index < -0.39 is 0 Å². The Balaban J connectivity index is 2.30. The second kappa shape index (κ2) is 8.70. The summed E-state index contributed by atoms with van der Waals surface area (Å²) in [5.74, 6) is 2.50. The first-order chi connectivity index (χ1) is 10.2. The molecule has 6 heteroatoms. The predicted molar refractivity (Wildman–Crippen MR) is 96.7 cm³/mol. The van der Waals surface area contributed by atoms with Crippen LogP contribution in [0.2, 0.25) is 5.02 Å². The number of rotatable bonds is 7. The van der Waals surface area contributed by atoms with Crippen LogP contribution in [0.15, 0.2) is 6.20 Å². The lowest BCUT2D eigenvalue weighted by Crippen LogP contribution is -2.40. The number of aromatic nitrogens is 2. The van der Waals surface area contributed by atoms with Crippen molar-refractivity contribution in [2.45, 2.75) is 56.7 Å². The van der Waals surface area contributed by atoms with Gasteiger partial charge in [-0.1, -0.05) is 25.4 Å². The third kappa shape index (κ3) is 4.12. The van der Waals surface area contributed by atoms with Gasteiger partial charge in [0.1, 0.15) is 0 Å². The lowest BCUT2D eigenvalue weighted by atomic mass is 10.0. The Morgan fingerprint density at radius 3 is 2.81 bits per heavy atom. The van der Waals surface area contributed by atoms with Crippen molar-refractivity contribution in [3.63, 3.8) is 0 Å². The maximum absolute atomic E-state index is 6.47. The second-order valence-corrected chi connectivity index (χ2v) is 8.32. The molecule has 1 fully saturated rings. The van der Waals surface area contributed by atoms with Gasteiger partial charge in [-0.3, -0.25) is 4.68 Å². The molecule has 1 saturated heterocycles. The molecule has 1 aromatic heterocycles. The van der Waals surface area contributed by atoms with Crippen LogP contribution in [0.25, 0.3) is 0 Å². The van der Waals surface area contributed by atoms with E-state index in [-0.39, 0.29) is 0 Å². The van der Waals surface area contributed by atoms with E-state index in [2.05, 4.69) is 59.4 Å². The number of thioether (sulfide) groups is 2. The molecule has 0 amide bonds. The quantitative estimate of drug-likeness (QED) is 0.799. The smallest absolute Gasteiger partial charge is 0.0834 e. The van der Waals surface area contributed by atoms with E-state index >= 15 is 0 Å². The van der Waals surface area contributed by atoms with E-state index in [1.165, 1.54) is 23.6 Å². The molecule has 0 saturated carbocycles. The lowest BCUT2D eigenvalue weighted by molar-refractivity contribution is 0.457. The summed E-state index contributed by atoms with van der Waals surface area (Å²) in [4.78, 5) is 0. The number of nitrogens with zero attached hydrogens (tertiary/aromatic N) is 2. The Morgan fingerprint density at radius 2 is 2.14 bits per heavy atom. The first-order valence-electron chi connectivity index (χ1n) is 7.90. The third-order valence-electron chi connectivity index (χ3n) is 3.86. The molecule has 1 aliphatic heterocycles. The fourth-order valence-electron chi connectivity index (χ4n) is 2.85. The maximum atomic E-state index is 6.47. The number of hydrogen-bond donors (Lipinski definition) is 1. The van der Waals surface area contributed by atoms with Crippen molar-refractivity contribution in [1.29, 1.82) is 0 Å². The van der Waals surface area contributed by atoms with Crippen LogP contribution in [0.1, 0.15) is 45.3 Å². The predicted octanol–water partition coefficient (Wildman–Crippen LogP) is 4.22. The zero-order valence-electron chi connectivity index (χ0n) is 13.1. The molecule has 21 heavy (non-hydrogen) atoms. The lowest BCUT2D eigenvalue weighted by Gasteiger charge is -2.36. The van der Waals surface area contributed by atoms with Crippen molar-refractivity contribution in [3.8, 4) is 0 Å². The van der Waals surface area contributed by atoms with Gasteiger partial charge in [0.05, 0.1) is 23.0 Å². The van der Waals surface area contributed by atoms with Gasteiger partial charge in [-0.15, -0.1) is 0 Å². The van der Waals surface area contributed by atoms with Crippen LogP contribution in [-0.4, -0.2) is 38.3 Å². The van der Waals surface area contributed by atoms with Gasteiger partial charge in [0.25, 0.3) is 0 Å². The van der Waals surface area contributed by atoms with E-state index in [0.717, 1.165) is 24.5 Å². The van der Waals surface area contributed by atoms with Crippen molar-refractivity contribution >= 4 is 35.1 Å². The highest BCUT2D eigenvalue weighted by atomic mass is 35.5. The molecule has 2 rings (SSSR count). The van der Waals surface area contributed by atoms with E-state index in [0.29, 0.717) is 16.5 Å². The number of hydrogen-bond acceptors (Lipinski definition) is 4. The SMILES string of the molecule is CCCNC(c1c(Cl)cnn1CC)C1SCCSC1CC. The van der Waals surface area contributed by atoms with Crippen LogP contribution < -0.4 is 5.32 Å². The molecular weight excluding hydrogens is 322 g/mol. The molecule has 0 aromatic carbocycles. The summed E-state index contributed by atoms with van der Waals surface area (Å²) in [6.07, 6.45) is 4.14. The molecule has 1 aromatic rings. The van der Waals surface area contributed by atoms with Gasteiger partial charge in [0.2, 0.25) is 0 Å². The first kappa shape index (κ1) is 17.5. The highest BCUT2D eigenvalue weighted by Crippen LogP contribution is 2.41. The molecule has 3 nitrogen and oxygen atoms in total. The monoisotopic (exact) mass is 347 g/mol. The molecule has 1 N–H and O–H groups in total.